The van der Waals surface area contributed by atoms with E-state index >= 15 is 0 Å². The molecule has 4 heteroatoms. The summed E-state index contributed by atoms with van der Waals surface area (Å²) in [6.45, 7) is 7.21. The van der Waals surface area contributed by atoms with Gasteiger partial charge in [-0.15, -0.1) is 0 Å². The summed E-state index contributed by atoms with van der Waals surface area (Å²) in [4.78, 5) is 7.49. The number of halogens is 1. The summed E-state index contributed by atoms with van der Waals surface area (Å²) in [5, 5.41) is 5.14. The van der Waals surface area contributed by atoms with E-state index < -0.39 is 0 Å². The molecule has 0 saturated heterocycles. The molecule has 2 heterocycles. The Labute approximate surface area is 100 Å². The van der Waals surface area contributed by atoms with Crippen LogP contribution in [-0.2, 0) is 6.54 Å². The van der Waals surface area contributed by atoms with E-state index in [1.807, 2.05) is 6.07 Å². The van der Waals surface area contributed by atoms with Gasteiger partial charge in [-0.3, -0.25) is 0 Å². The lowest BCUT2D eigenvalue weighted by molar-refractivity contribution is 0.422. The number of hydrogen-bond acceptors (Lipinski definition) is 2. The topological polar surface area (TPSA) is 40.7 Å². The standard InChI is InChI=1S/C12H16ClN3/c1-12(2,3)15-7-8-6-9-10(13)4-5-14-11(9)16-8/h4-6,15H,7H2,1-3H3,(H,14,16). The van der Waals surface area contributed by atoms with Gasteiger partial charge in [0.05, 0.1) is 5.02 Å². The molecule has 86 valence electrons. The van der Waals surface area contributed by atoms with Crippen molar-refractivity contribution in [3.63, 3.8) is 0 Å². The van der Waals surface area contributed by atoms with E-state index in [0.29, 0.717) is 0 Å². The molecule has 3 nitrogen and oxygen atoms in total. The number of nitrogens with one attached hydrogen (secondary N) is 2. The van der Waals surface area contributed by atoms with E-state index in [-0.39, 0.29) is 5.54 Å². The lowest BCUT2D eigenvalue weighted by atomic mass is 10.1. The van der Waals surface area contributed by atoms with Crippen molar-refractivity contribution in [2.75, 3.05) is 0 Å². The van der Waals surface area contributed by atoms with Crippen molar-refractivity contribution in [2.24, 2.45) is 0 Å². The second kappa shape index (κ2) is 4.07. The second-order valence-corrected chi connectivity index (χ2v) is 5.36. The van der Waals surface area contributed by atoms with Crippen molar-refractivity contribution in [1.82, 2.24) is 15.3 Å². The lowest BCUT2D eigenvalue weighted by Crippen LogP contribution is -2.35. The largest absolute Gasteiger partial charge is 0.342 e. The number of aromatic nitrogens is 2. The van der Waals surface area contributed by atoms with Crippen molar-refractivity contribution in [3.05, 3.63) is 29.0 Å². The summed E-state index contributed by atoms with van der Waals surface area (Å²) < 4.78 is 0. The predicted molar refractivity (Wildman–Crippen MR) is 67.7 cm³/mol. The fourth-order valence-corrected chi connectivity index (χ4v) is 1.71. The number of H-pyrrole nitrogens is 1. The van der Waals surface area contributed by atoms with Crippen LogP contribution in [-0.4, -0.2) is 15.5 Å². The van der Waals surface area contributed by atoms with Gasteiger partial charge in [-0.1, -0.05) is 11.6 Å². The van der Waals surface area contributed by atoms with Gasteiger partial charge in [0.15, 0.2) is 0 Å². The van der Waals surface area contributed by atoms with Crippen LogP contribution in [0.4, 0.5) is 0 Å². The lowest BCUT2D eigenvalue weighted by Gasteiger charge is -2.19. The Hall–Kier alpha value is -1.06. The molecule has 0 aromatic carbocycles. The molecule has 0 amide bonds. The van der Waals surface area contributed by atoms with E-state index in [1.165, 1.54) is 0 Å². The minimum absolute atomic E-state index is 0.106. The van der Waals surface area contributed by atoms with Crippen molar-refractivity contribution < 1.29 is 0 Å². The number of nitrogens with zero attached hydrogens (tertiary/aromatic N) is 1. The number of pyridine rings is 1. The van der Waals surface area contributed by atoms with E-state index in [9.17, 15) is 0 Å². The first kappa shape index (κ1) is 11.4. The molecular formula is C12H16ClN3. The minimum Gasteiger partial charge on any atom is -0.342 e. The minimum atomic E-state index is 0.106. The number of aromatic amines is 1. The maximum atomic E-state index is 6.08. The summed E-state index contributed by atoms with van der Waals surface area (Å²) >= 11 is 6.08. The third-order valence-electron chi connectivity index (χ3n) is 2.34. The molecule has 0 aliphatic carbocycles. The highest BCUT2D eigenvalue weighted by molar-refractivity contribution is 6.35. The third kappa shape index (κ3) is 2.54. The van der Waals surface area contributed by atoms with Gasteiger partial charge >= 0.3 is 0 Å². The molecule has 2 aromatic heterocycles. The quantitative estimate of drug-likeness (QED) is 0.843. The molecule has 16 heavy (non-hydrogen) atoms. The Kier molecular flexibility index (Phi) is 2.91. The number of hydrogen-bond donors (Lipinski definition) is 2. The third-order valence-corrected chi connectivity index (χ3v) is 2.67. The van der Waals surface area contributed by atoms with Crippen molar-refractivity contribution in [2.45, 2.75) is 32.9 Å². The van der Waals surface area contributed by atoms with Crippen molar-refractivity contribution >= 4 is 22.6 Å². The first-order valence-corrected chi connectivity index (χ1v) is 5.71. The summed E-state index contributed by atoms with van der Waals surface area (Å²) in [5.41, 5.74) is 2.05. The molecular weight excluding hydrogens is 222 g/mol. The first-order chi connectivity index (χ1) is 7.46. The van der Waals surface area contributed by atoms with Crippen LogP contribution >= 0.6 is 11.6 Å². The van der Waals surface area contributed by atoms with Crippen LogP contribution in [0.15, 0.2) is 18.3 Å². The first-order valence-electron chi connectivity index (χ1n) is 5.33. The molecule has 0 bridgehead atoms. The summed E-state index contributed by atoms with van der Waals surface area (Å²) in [5.74, 6) is 0. The zero-order valence-corrected chi connectivity index (χ0v) is 10.5. The van der Waals surface area contributed by atoms with Crippen molar-refractivity contribution in [1.29, 1.82) is 0 Å². The van der Waals surface area contributed by atoms with E-state index in [1.54, 1.807) is 12.3 Å². The van der Waals surface area contributed by atoms with Crippen LogP contribution in [0.2, 0.25) is 5.02 Å². The fourth-order valence-electron chi connectivity index (χ4n) is 1.50. The second-order valence-electron chi connectivity index (χ2n) is 4.95. The van der Waals surface area contributed by atoms with Gasteiger partial charge < -0.3 is 10.3 Å². The van der Waals surface area contributed by atoms with E-state index in [4.69, 9.17) is 11.6 Å². The highest BCUT2D eigenvalue weighted by Gasteiger charge is 2.10. The van der Waals surface area contributed by atoms with Gasteiger partial charge in [-0.05, 0) is 32.9 Å². The van der Waals surface area contributed by atoms with E-state index in [0.717, 1.165) is 28.3 Å². The van der Waals surface area contributed by atoms with Gasteiger partial charge in [-0.25, -0.2) is 4.98 Å². The fraction of sp³-hybridized carbons (Fsp3) is 0.417. The van der Waals surface area contributed by atoms with Crippen LogP contribution in [0.25, 0.3) is 11.0 Å². The SMILES string of the molecule is CC(C)(C)NCc1cc2c(Cl)ccnc2[nH]1. The van der Waals surface area contributed by atoms with Gasteiger partial charge in [0.25, 0.3) is 0 Å². The predicted octanol–water partition coefficient (Wildman–Crippen LogP) is 3.10. The number of rotatable bonds is 2. The Balaban J connectivity index is 2.24. The highest BCUT2D eigenvalue weighted by Crippen LogP contribution is 2.22. The Bertz CT molecular complexity index is 496. The maximum absolute atomic E-state index is 6.08. The molecule has 0 fully saturated rings. The summed E-state index contributed by atoms with van der Waals surface area (Å²) in [6, 6.07) is 3.85. The zero-order chi connectivity index (χ0) is 11.8. The highest BCUT2D eigenvalue weighted by atomic mass is 35.5. The normalized spacial score (nSPS) is 12.2. The van der Waals surface area contributed by atoms with Gasteiger partial charge in [0.2, 0.25) is 0 Å². The monoisotopic (exact) mass is 237 g/mol. The molecule has 0 spiro atoms. The number of fused-ring (bicyclic) bond motifs is 1. The molecule has 0 unspecified atom stereocenters. The molecule has 2 N–H and O–H groups in total. The van der Waals surface area contributed by atoms with Gasteiger partial charge in [-0.2, -0.15) is 0 Å². The van der Waals surface area contributed by atoms with Crippen LogP contribution < -0.4 is 5.32 Å². The smallest absolute Gasteiger partial charge is 0.138 e. The van der Waals surface area contributed by atoms with Crippen LogP contribution in [0.5, 0.6) is 0 Å². The van der Waals surface area contributed by atoms with Gasteiger partial charge in [0.1, 0.15) is 5.65 Å². The molecule has 0 saturated carbocycles. The van der Waals surface area contributed by atoms with Crippen LogP contribution in [0.3, 0.4) is 0 Å². The summed E-state index contributed by atoms with van der Waals surface area (Å²) in [6.07, 6.45) is 1.71. The average Bonchev–Trinajstić information content (AvgIpc) is 2.58. The molecule has 2 rings (SSSR count). The molecule has 2 aromatic rings. The Morgan fingerprint density at radius 2 is 2.19 bits per heavy atom. The van der Waals surface area contributed by atoms with E-state index in [2.05, 4.69) is 36.1 Å². The maximum Gasteiger partial charge on any atom is 0.138 e. The van der Waals surface area contributed by atoms with Crippen molar-refractivity contribution in [3.8, 4) is 0 Å². The molecule has 0 atom stereocenters. The summed E-state index contributed by atoms with van der Waals surface area (Å²) in [7, 11) is 0. The zero-order valence-electron chi connectivity index (χ0n) is 9.76. The average molecular weight is 238 g/mol. The van der Waals surface area contributed by atoms with Crippen LogP contribution in [0.1, 0.15) is 26.5 Å². The molecule has 0 radical (unpaired) electrons. The molecule has 0 aliphatic heterocycles. The Morgan fingerprint density at radius 1 is 1.44 bits per heavy atom. The van der Waals surface area contributed by atoms with Gasteiger partial charge in [0, 0.05) is 29.4 Å². The van der Waals surface area contributed by atoms with Crippen LogP contribution in [0, 0.1) is 0 Å². The Morgan fingerprint density at radius 3 is 2.81 bits per heavy atom. The molecule has 0 aliphatic rings.